The molecule has 8 heteroatoms. The number of alkyl halides is 3. The monoisotopic (exact) mass is 406 g/mol. The third kappa shape index (κ3) is 2.95. The molecule has 0 amide bonds. The quantitative estimate of drug-likeness (QED) is 0.455. The van der Waals surface area contributed by atoms with Crippen LogP contribution in [0, 0.1) is 17.0 Å². The summed E-state index contributed by atoms with van der Waals surface area (Å²) in [6.45, 7) is 3.42. The van der Waals surface area contributed by atoms with Gasteiger partial charge in [-0.3, -0.25) is 0 Å². The first-order chi connectivity index (χ1) is 13.1. The summed E-state index contributed by atoms with van der Waals surface area (Å²) in [4.78, 5) is 12.4. The predicted octanol–water partition coefficient (Wildman–Crippen LogP) is 5.61. The summed E-state index contributed by atoms with van der Waals surface area (Å²) in [5.74, 6) is -8.29. The Morgan fingerprint density at radius 1 is 1.11 bits per heavy atom. The maximum Gasteiger partial charge on any atom is 0.341 e. The number of hydrogen-bond donors (Lipinski definition) is 0. The average molecular weight is 406 g/mol. The van der Waals surface area contributed by atoms with Crippen LogP contribution in [0.5, 0.6) is 5.75 Å². The van der Waals surface area contributed by atoms with E-state index >= 15 is 0 Å². The first-order valence-electron chi connectivity index (χ1n) is 9.50. The highest BCUT2D eigenvalue weighted by atomic mass is 19.3. The molecule has 1 atom stereocenters. The van der Waals surface area contributed by atoms with Crippen LogP contribution in [0.3, 0.4) is 0 Å². The summed E-state index contributed by atoms with van der Waals surface area (Å²) in [6.07, 6.45) is -2.13. The van der Waals surface area contributed by atoms with Gasteiger partial charge >= 0.3 is 5.97 Å². The van der Waals surface area contributed by atoms with Crippen LogP contribution < -0.4 is 4.74 Å². The highest BCUT2D eigenvalue weighted by Crippen LogP contribution is 2.64. The molecule has 4 rings (SSSR count). The van der Waals surface area contributed by atoms with Crippen LogP contribution in [0.2, 0.25) is 0 Å². The Hall–Kier alpha value is -1.86. The van der Waals surface area contributed by atoms with Gasteiger partial charge in [0.05, 0.1) is 12.2 Å². The maximum atomic E-state index is 14.9. The zero-order chi connectivity index (χ0) is 20.7. The standard InChI is InChI=1S/C20H23F5O3/c1-3-7-18-8-10-19(11-9-18,17(23)20(18,24)25)28-16(26)12-5-6-13(27-4-2)15(22)14(12)21/h5-6,17H,3-4,7-11H2,1-2H3. The number of esters is 1. The zero-order valence-corrected chi connectivity index (χ0v) is 15.8. The van der Waals surface area contributed by atoms with Crippen molar-refractivity contribution >= 4 is 5.97 Å². The van der Waals surface area contributed by atoms with Crippen molar-refractivity contribution in [3.05, 3.63) is 29.3 Å². The summed E-state index contributed by atoms with van der Waals surface area (Å²) >= 11 is 0. The van der Waals surface area contributed by atoms with Gasteiger partial charge in [-0.15, -0.1) is 0 Å². The van der Waals surface area contributed by atoms with Crippen molar-refractivity contribution < 1.29 is 36.2 Å². The topological polar surface area (TPSA) is 35.5 Å². The van der Waals surface area contributed by atoms with Gasteiger partial charge in [0.1, 0.15) is 5.60 Å². The number of carbonyl (C=O) groups excluding carboxylic acids is 1. The molecule has 1 aromatic carbocycles. The molecule has 156 valence electrons. The number of carbonyl (C=O) groups is 1. The zero-order valence-electron chi connectivity index (χ0n) is 15.8. The van der Waals surface area contributed by atoms with Gasteiger partial charge < -0.3 is 9.47 Å². The van der Waals surface area contributed by atoms with Gasteiger partial charge in [-0.25, -0.2) is 22.4 Å². The largest absolute Gasteiger partial charge is 0.491 e. The van der Waals surface area contributed by atoms with Crippen LogP contribution in [-0.2, 0) is 4.74 Å². The Kier molecular flexibility index (Phi) is 5.36. The second kappa shape index (κ2) is 7.19. The Labute approximate surface area is 160 Å². The lowest BCUT2D eigenvalue weighted by molar-refractivity contribution is -0.289. The van der Waals surface area contributed by atoms with Crippen LogP contribution in [-0.4, -0.2) is 30.3 Å². The fourth-order valence-corrected chi connectivity index (χ4v) is 4.58. The maximum absolute atomic E-state index is 14.9. The molecule has 0 heterocycles. The lowest BCUT2D eigenvalue weighted by Gasteiger charge is -2.58. The van der Waals surface area contributed by atoms with Crippen LogP contribution in [0.4, 0.5) is 22.0 Å². The highest BCUT2D eigenvalue weighted by Gasteiger charge is 2.72. The molecule has 1 unspecified atom stereocenters. The third-order valence-electron chi connectivity index (χ3n) is 6.13. The fourth-order valence-electron chi connectivity index (χ4n) is 4.58. The molecule has 3 nitrogen and oxygen atoms in total. The number of hydrogen-bond acceptors (Lipinski definition) is 3. The van der Waals surface area contributed by atoms with E-state index < -0.39 is 46.3 Å². The normalized spacial score (nSPS) is 30.9. The second-order valence-corrected chi connectivity index (χ2v) is 7.64. The molecule has 0 N–H and O–H groups in total. The van der Waals surface area contributed by atoms with Crippen molar-refractivity contribution in [3.63, 3.8) is 0 Å². The molecule has 0 saturated heterocycles. The molecule has 3 aliphatic carbocycles. The van der Waals surface area contributed by atoms with Gasteiger partial charge in [0, 0.05) is 5.41 Å². The molecule has 2 bridgehead atoms. The molecule has 28 heavy (non-hydrogen) atoms. The summed E-state index contributed by atoms with van der Waals surface area (Å²) < 4.78 is 82.7. The van der Waals surface area contributed by atoms with Crippen molar-refractivity contribution in [2.45, 2.75) is 70.1 Å². The van der Waals surface area contributed by atoms with E-state index in [9.17, 15) is 26.7 Å². The Balaban J connectivity index is 1.86. The predicted molar refractivity (Wildman–Crippen MR) is 91.3 cm³/mol. The molecule has 0 spiro atoms. The van der Waals surface area contributed by atoms with Crippen LogP contribution >= 0.6 is 0 Å². The average Bonchev–Trinajstić information content (AvgIpc) is 2.65. The van der Waals surface area contributed by atoms with Crippen molar-refractivity contribution in [1.82, 2.24) is 0 Å². The van der Waals surface area contributed by atoms with Gasteiger partial charge in [-0.2, -0.15) is 4.39 Å². The van der Waals surface area contributed by atoms with E-state index in [2.05, 4.69) is 0 Å². The minimum Gasteiger partial charge on any atom is -0.491 e. The Bertz CT molecular complexity index is 756. The van der Waals surface area contributed by atoms with E-state index in [0.717, 1.165) is 12.1 Å². The number of halogens is 5. The molecule has 0 radical (unpaired) electrons. The Morgan fingerprint density at radius 2 is 1.75 bits per heavy atom. The molecule has 0 aromatic heterocycles. The third-order valence-corrected chi connectivity index (χ3v) is 6.13. The van der Waals surface area contributed by atoms with Gasteiger partial charge in [0.25, 0.3) is 5.92 Å². The summed E-state index contributed by atoms with van der Waals surface area (Å²) in [5, 5.41) is 0. The van der Waals surface area contributed by atoms with E-state index in [-0.39, 0.29) is 44.5 Å². The van der Waals surface area contributed by atoms with Gasteiger partial charge in [-0.1, -0.05) is 13.3 Å². The van der Waals surface area contributed by atoms with Crippen LogP contribution in [0.15, 0.2) is 12.1 Å². The van der Waals surface area contributed by atoms with E-state index in [0.29, 0.717) is 6.42 Å². The molecular formula is C20H23F5O3. The van der Waals surface area contributed by atoms with Crippen molar-refractivity contribution in [3.8, 4) is 5.75 Å². The first kappa shape index (κ1) is 20.9. The second-order valence-electron chi connectivity index (χ2n) is 7.64. The number of benzene rings is 1. The summed E-state index contributed by atoms with van der Waals surface area (Å²) in [6, 6.07) is 1.99. The lowest BCUT2D eigenvalue weighted by Crippen LogP contribution is -2.68. The molecule has 3 fully saturated rings. The van der Waals surface area contributed by atoms with Crippen LogP contribution in [0.1, 0.15) is 62.7 Å². The van der Waals surface area contributed by atoms with Gasteiger partial charge in [0.15, 0.2) is 11.6 Å². The summed E-state index contributed by atoms with van der Waals surface area (Å²) in [5.41, 5.74) is -4.24. The fraction of sp³-hybridized carbons (Fsp3) is 0.650. The van der Waals surface area contributed by atoms with Crippen LogP contribution in [0.25, 0.3) is 0 Å². The van der Waals surface area contributed by atoms with E-state index in [1.54, 1.807) is 13.8 Å². The van der Waals surface area contributed by atoms with E-state index in [1.807, 2.05) is 0 Å². The van der Waals surface area contributed by atoms with Gasteiger partial charge in [-0.05, 0) is 51.2 Å². The van der Waals surface area contributed by atoms with Crippen molar-refractivity contribution in [2.24, 2.45) is 5.41 Å². The first-order valence-corrected chi connectivity index (χ1v) is 9.50. The minimum absolute atomic E-state index is 0.0155. The molecule has 0 aliphatic heterocycles. The van der Waals surface area contributed by atoms with E-state index in [4.69, 9.17) is 9.47 Å². The number of rotatable bonds is 6. The van der Waals surface area contributed by atoms with E-state index in [1.165, 1.54) is 0 Å². The Morgan fingerprint density at radius 3 is 2.32 bits per heavy atom. The smallest absolute Gasteiger partial charge is 0.341 e. The number of fused-ring (bicyclic) bond motifs is 3. The molecule has 1 aromatic rings. The SMILES string of the molecule is CCCC12CCC(OC(=O)c3ccc(OCC)c(F)c3F)(CC1)C(F)C2(F)F. The molecule has 3 saturated carbocycles. The summed E-state index contributed by atoms with van der Waals surface area (Å²) in [7, 11) is 0. The highest BCUT2D eigenvalue weighted by molar-refractivity contribution is 5.90. The van der Waals surface area contributed by atoms with Crippen molar-refractivity contribution in [2.75, 3.05) is 6.61 Å². The molecular weight excluding hydrogens is 383 g/mol. The minimum atomic E-state index is -3.65. The number of ether oxygens (including phenoxy) is 2. The van der Waals surface area contributed by atoms with Gasteiger partial charge in [0.2, 0.25) is 12.0 Å². The molecule has 3 aliphatic rings. The lowest BCUT2D eigenvalue weighted by atomic mass is 9.54. The van der Waals surface area contributed by atoms with Crippen molar-refractivity contribution in [1.29, 1.82) is 0 Å².